The van der Waals surface area contributed by atoms with E-state index in [2.05, 4.69) is 47.1 Å². The van der Waals surface area contributed by atoms with Crippen molar-refractivity contribution in [2.45, 2.75) is 83.5 Å². The van der Waals surface area contributed by atoms with Gasteiger partial charge < -0.3 is 9.80 Å². The lowest BCUT2D eigenvalue weighted by molar-refractivity contribution is -0.144. The number of carbonyl (C=O) groups excluding carboxylic acids is 3. The molecule has 0 bridgehead atoms. The van der Waals surface area contributed by atoms with Gasteiger partial charge in [0, 0.05) is 18.7 Å². The highest BCUT2D eigenvalue weighted by molar-refractivity contribution is 14.1. The summed E-state index contributed by atoms with van der Waals surface area (Å²) in [6.45, 7) is 5.45. The SMILES string of the molecule is CC(C)C(C(=O)N1CCC[C@H]1C(=O)N(I)Cc1ccc(C2CCCC2)cc1)N1Cc2ccccc2C1=O. The van der Waals surface area contributed by atoms with Crippen LogP contribution >= 0.6 is 22.9 Å². The lowest BCUT2D eigenvalue weighted by atomic mass is 9.97. The van der Waals surface area contributed by atoms with Crippen LogP contribution in [0, 0.1) is 5.92 Å². The minimum Gasteiger partial charge on any atom is -0.329 e. The first-order chi connectivity index (χ1) is 17.8. The van der Waals surface area contributed by atoms with E-state index >= 15 is 0 Å². The van der Waals surface area contributed by atoms with E-state index in [-0.39, 0.29) is 23.6 Å². The Labute approximate surface area is 233 Å². The van der Waals surface area contributed by atoms with Gasteiger partial charge in [-0.2, -0.15) is 0 Å². The molecule has 2 aromatic rings. The number of hydrogen-bond acceptors (Lipinski definition) is 3. The number of hydrogen-bond donors (Lipinski definition) is 0. The molecule has 7 heteroatoms. The van der Waals surface area contributed by atoms with Gasteiger partial charge in [-0.3, -0.25) is 17.5 Å². The molecule has 2 fully saturated rings. The average molecular weight is 614 g/mol. The Kier molecular flexibility index (Phi) is 7.88. The molecule has 2 aromatic carbocycles. The van der Waals surface area contributed by atoms with Crippen LogP contribution in [0.25, 0.3) is 0 Å². The van der Waals surface area contributed by atoms with Crippen LogP contribution in [0.3, 0.4) is 0 Å². The van der Waals surface area contributed by atoms with Crippen molar-refractivity contribution in [3.63, 3.8) is 0 Å². The topological polar surface area (TPSA) is 60.9 Å². The van der Waals surface area contributed by atoms with Crippen LogP contribution in [0.15, 0.2) is 48.5 Å². The lowest BCUT2D eigenvalue weighted by Gasteiger charge is -2.35. The number of likely N-dealkylation sites (tertiary alicyclic amines) is 1. The van der Waals surface area contributed by atoms with Crippen molar-refractivity contribution < 1.29 is 14.4 Å². The number of benzene rings is 2. The van der Waals surface area contributed by atoms with Crippen LogP contribution in [0.4, 0.5) is 0 Å². The summed E-state index contributed by atoms with van der Waals surface area (Å²) in [6, 6.07) is 15.2. The van der Waals surface area contributed by atoms with Crippen LogP contribution in [-0.4, -0.2) is 49.3 Å². The summed E-state index contributed by atoms with van der Waals surface area (Å²) in [4.78, 5) is 44.0. The van der Waals surface area contributed by atoms with Crippen molar-refractivity contribution in [1.82, 2.24) is 12.9 Å². The van der Waals surface area contributed by atoms with Crippen molar-refractivity contribution in [3.8, 4) is 0 Å². The molecule has 2 aliphatic heterocycles. The van der Waals surface area contributed by atoms with Crippen molar-refractivity contribution >= 4 is 40.6 Å². The molecule has 0 radical (unpaired) electrons. The Hall–Kier alpha value is -2.42. The standard InChI is InChI=1S/C30H36IN3O3/c1-20(2)27(33-19-24-10-5-6-11-25(24)28(33)35)30(37)32-17-7-12-26(32)29(36)34(31)18-21-13-15-23(16-14-21)22-8-3-4-9-22/h5-6,10-11,13-16,20,22,26-27H,3-4,7-9,12,17-19H2,1-2H3/t26-,27?/m0/s1. The normalized spacial score (nSPS) is 20.5. The summed E-state index contributed by atoms with van der Waals surface area (Å²) in [5.74, 6) is 0.369. The van der Waals surface area contributed by atoms with E-state index in [4.69, 9.17) is 0 Å². The van der Waals surface area contributed by atoms with Crippen molar-refractivity contribution in [2.24, 2.45) is 5.92 Å². The molecule has 196 valence electrons. The predicted octanol–water partition coefficient (Wildman–Crippen LogP) is 5.69. The predicted molar refractivity (Wildman–Crippen MR) is 152 cm³/mol. The monoisotopic (exact) mass is 613 g/mol. The Bertz CT molecular complexity index is 1160. The van der Waals surface area contributed by atoms with Crippen LogP contribution in [0.1, 0.15) is 85.3 Å². The molecular formula is C30H36IN3O3. The molecule has 6 nitrogen and oxygen atoms in total. The van der Waals surface area contributed by atoms with Gasteiger partial charge in [-0.25, -0.2) is 0 Å². The number of rotatable bonds is 7. The Morgan fingerprint density at radius 2 is 1.70 bits per heavy atom. The largest absolute Gasteiger partial charge is 0.329 e. The van der Waals surface area contributed by atoms with E-state index < -0.39 is 12.1 Å². The third kappa shape index (κ3) is 5.29. The van der Waals surface area contributed by atoms with E-state index in [0.717, 1.165) is 17.5 Å². The van der Waals surface area contributed by atoms with Crippen LogP contribution in [0.2, 0.25) is 0 Å². The highest BCUT2D eigenvalue weighted by atomic mass is 127. The number of fused-ring (bicyclic) bond motifs is 1. The van der Waals surface area contributed by atoms with E-state index in [0.29, 0.717) is 37.5 Å². The molecule has 2 atom stereocenters. The maximum Gasteiger partial charge on any atom is 0.255 e. The third-order valence-corrected chi connectivity index (χ3v) is 9.07. The molecule has 1 saturated heterocycles. The number of halogens is 1. The zero-order valence-electron chi connectivity index (χ0n) is 21.7. The summed E-state index contributed by atoms with van der Waals surface area (Å²) in [6.07, 6.45) is 6.62. The van der Waals surface area contributed by atoms with Crippen LogP contribution < -0.4 is 0 Å². The maximum atomic E-state index is 13.9. The Morgan fingerprint density at radius 1 is 1.00 bits per heavy atom. The van der Waals surface area contributed by atoms with Gasteiger partial charge in [-0.05, 0) is 60.3 Å². The van der Waals surface area contributed by atoms with Gasteiger partial charge in [0.2, 0.25) is 5.91 Å². The van der Waals surface area contributed by atoms with Gasteiger partial charge in [0.25, 0.3) is 11.8 Å². The van der Waals surface area contributed by atoms with E-state index in [1.807, 2.05) is 38.1 Å². The van der Waals surface area contributed by atoms with E-state index in [1.165, 1.54) is 31.2 Å². The zero-order chi connectivity index (χ0) is 26.1. The second-order valence-electron chi connectivity index (χ2n) is 11.1. The van der Waals surface area contributed by atoms with Crippen LogP contribution in [-0.2, 0) is 22.7 Å². The highest BCUT2D eigenvalue weighted by Gasteiger charge is 2.44. The van der Waals surface area contributed by atoms with Crippen molar-refractivity contribution in [2.75, 3.05) is 6.54 Å². The molecule has 0 N–H and O–H groups in total. The second-order valence-corrected chi connectivity index (χ2v) is 12.2. The van der Waals surface area contributed by atoms with Gasteiger partial charge >= 0.3 is 0 Å². The minimum atomic E-state index is -0.584. The van der Waals surface area contributed by atoms with Gasteiger partial charge in [-0.1, -0.05) is 69.2 Å². The molecule has 1 aliphatic carbocycles. The summed E-state index contributed by atoms with van der Waals surface area (Å²) in [5.41, 5.74) is 4.13. The molecule has 0 aromatic heterocycles. The average Bonchev–Trinajstić information content (AvgIpc) is 3.65. The minimum absolute atomic E-state index is 0.0372. The first-order valence-electron chi connectivity index (χ1n) is 13.6. The molecule has 5 rings (SSSR count). The zero-order valence-corrected chi connectivity index (χ0v) is 23.9. The fraction of sp³-hybridized carbons (Fsp3) is 0.500. The molecule has 0 spiro atoms. The van der Waals surface area contributed by atoms with Gasteiger partial charge in [0.05, 0.1) is 29.4 Å². The summed E-state index contributed by atoms with van der Waals surface area (Å²) < 4.78 is 1.72. The molecular weight excluding hydrogens is 577 g/mol. The van der Waals surface area contributed by atoms with Crippen molar-refractivity contribution in [1.29, 1.82) is 0 Å². The first kappa shape index (κ1) is 26.2. The van der Waals surface area contributed by atoms with E-state index in [1.54, 1.807) is 12.9 Å². The summed E-state index contributed by atoms with van der Waals surface area (Å²) in [5, 5.41) is 0. The summed E-state index contributed by atoms with van der Waals surface area (Å²) in [7, 11) is 0. The van der Waals surface area contributed by atoms with E-state index in [9.17, 15) is 14.4 Å². The molecule has 1 saturated carbocycles. The fourth-order valence-corrected chi connectivity index (χ4v) is 7.01. The molecule has 3 aliphatic rings. The molecule has 1 unspecified atom stereocenters. The first-order valence-corrected chi connectivity index (χ1v) is 14.6. The van der Waals surface area contributed by atoms with Gasteiger partial charge in [0.15, 0.2) is 0 Å². The highest BCUT2D eigenvalue weighted by Crippen LogP contribution is 2.34. The second kappa shape index (κ2) is 11.1. The maximum absolute atomic E-state index is 13.9. The number of carbonyl (C=O) groups is 3. The van der Waals surface area contributed by atoms with Crippen molar-refractivity contribution in [3.05, 3.63) is 70.8 Å². The third-order valence-electron chi connectivity index (χ3n) is 8.26. The number of nitrogens with zero attached hydrogens (tertiary/aromatic N) is 3. The lowest BCUT2D eigenvalue weighted by Crippen LogP contribution is -2.55. The summed E-state index contributed by atoms with van der Waals surface area (Å²) >= 11 is 2.09. The van der Waals surface area contributed by atoms with Gasteiger partial charge in [-0.15, -0.1) is 0 Å². The van der Waals surface area contributed by atoms with Gasteiger partial charge in [0.1, 0.15) is 12.1 Å². The van der Waals surface area contributed by atoms with Crippen LogP contribution in [0.5, 0.6) is 0 Å². The fourth-order valence-electron chi connectivity index (χ4n) is 6.29. The molecule has 3 amide bonds. The smallest absolute Gasteiger partial charge is 0.255 e. The molecule has 2 heterocycles. The Balaban J connectivity index is 1.26. The Morgan fingerprint density at radius 3 is 2.38 bits per heavy atom. The molecule has 37 heavy (non-hydrogen) atoms. The number of amides is 3. The quantitative estimate of drug-likeness (QED) is 0.298.